The first-order chi connectivity index (χ1) is 11.6. The molecule has 0 aromatic heterocycles. The van der Waals surface area contributed by atoms with Crippen molar-refractivity contribution >= 4 is 17.5 Å². The largest absolute Gasteiger partial charge is 0.477 e. The minimum Gasteiger partial charge on any atom is -0.477 e. The van der Waals surface area contributed by atoms with Gasteiger partial charge in [-0.3, -0.25) is 9.59 Å². The van der Waals surface area contributed by atoms with Crippen LogP contribution in [0.4, 0.5) is 5.69 Å². The van der Waals surface area contributed by atoms with Crippen LogP contribution in [0.15, 0.2) is 54.6 Å². The zero-order valence-electron chi connectivity index (χ0n) is 13.1. The van der Waals surface area contributed by atoms with E-state index in [2.05, 4.69) is 5.32 Å². The van der Waals surface area contributed by atoms with Crippen molar-refractivity contribution in [3.8, 4) is 5.75 Å². The molecule has 1 heterocycles. The number of para-hydroxylation sites is 2. The first-order valence-corrected chi connectivity index (χ1v) is 7.74. The van der Waals surface area contributed by atoms with Crippen LogP contribution in [-0.2, 0) is 16.1 Å². The fourth-order valence-electron chi connectivity index (χ4n) is 2.63. The van der Waals surface area contributed by atoms with E-state index in [1.165, 1.54) is 0 Å². The molecule has 1 atom stereocenters. The molecule has 3 rings (SSSR count). The number of rotatable bonds is 5. The fourth-order valence-corrected chi connectivity index (χ4v) is 2.63. The number of fused-ring (bicyclic) bond motifs is 1. The Hall–Kier alpha value is -3.02. The number of nitrogens with one attached hydrogen (secondary N) is 1. The lowest BCUT2D eigenvalue weighted by Gasteiger charge is -2.34. The minimum atomic E-state index is -0.762. The quantitative estimate of drug-likeness (QED) is 0.861. The van der Waals surface area contributed by atoms with Gasteiger partial charge in [-0.25, -0.2) is 0 Å². The number of carbonyl (C=O) groups is 2. The summed E-state index contributed by atoms with van der Waals surface area (Å²) in [6.07, 6.45) is -0.762. The molecule has 0 spiro atoms. The number of carbonyl (C=O) groups excluding carboxylic acids is 2. The van der Waals surface area contributed by atoms with E-state index in [1.54, 1.807) is 6.07 Å². The van der Waals surface area contributed by atoms with Crippen molar-refractivity contribution in [1.82, 2.24) is 5.32 Å². The molecule has 0 saturated carbocycles. The van der Waals surface area contributed by atoms with Gasteiger partial charge >= 0.3 is 0 Å². The second-order valence-electron chi connectivity index (χ2n) is 5.62. The molecule has 6 heteroatoms. The summed E-state index contributed by atoms with van der Waals surface area (Å²) >= 11 is 0. The number of amides is 2. The molecule has 1 aliphatic heterocycles. The maximum Gasteiger partial charge on any atom is 0.260 e. The lowest BCUT2D eigenvalue weighted by atomic mass is 10.1. The normalized spacial score (nSPS) is 16.0. The van der Waals surface area contributed by atoms with Crippen LogP contribution in [0, 0.1) is 0 Å². The lowest BCUT2D eigenvalue weighted by Crippen LogP contribution is -2.49. The van der Waals surface area contributed by atoms with E-state index in [4.69, 9.17) is 10.5 Å². The van der Waals surface area contributed by atoms with E-state index in [0.29, 0.717) is 12.3 Å². The molecule has 3 N–H and O–H groups in total. The molecule has 0 bridgehead atoms. The molecule has 0 saturated heterocycles. The Balaban J connectivity index is 1.66. The summed E-state index contributed by atoms with van der Waals surface area (Å²) in [5.74, 6) is -0.110. The Morgan fingerprint density at radius 1 is 1.12 bits per heavy atom. The number of hydrogen-bond donors (Lipinski definition) is 2. The molecule has 0 fully saturated rings. The zero-order valence-corrected chi connectivity index (χ0v) is 13.1. The van der Waals surface area contributed by atoms with Crippen molar-refractivity contribution in [3.63, 3.8) is 0 Å². The van der Waals surface area contributed by atoms with E-state index in [-0.39, 0.29) is 19.0 Å². The predicted octanol–water partition coefficient (Wildman–Crippen LogP) is 1.06. The van der Waals surface area contributed by atoms with Gasteiger partial charge in [0.25, 0.3) is 5.91 Å². The SMILES string of the molecule is NC(=O)C1CN(CC(=O)NCc2ccccc2)c2ccccc2O1. The second kappa shape index (κ2) is 7.04. The number of nitrogens with zero attached hydrogens (tertiary/aromatic N) is 1. The van der Waals surface area contributed by atoms with Gasteiger partial charge in [-0.2, -0.15) is 0 Å². The van der Waals surface area contributed by atoms with Crippen LogP contribution in [0.3, 0.4) is 0 Å². The average Bonchev–Trinajstić information content (AvgIpc) is 2.60. The van der Waals surface area contributed by atoms with Crippen molar-refractivity contribution < 1.29 is 14.3 Å². The number of nitrogens with two attached hydrogens (primary N) is 1. The summed E-state index contributed by atoms with van der Waals surface area (Å²) in [7, 11) is 0. The lowest BCUT2D eigenvalue weighted by molar-refractivity contribution is -0.125. The highest BCUT2D eigenvalue weighted by molar-refractivity contribution is 5.85. The van der Waals surface area contributed by atoms with E-state index in [9.17, 15) is 9.59 Å². The maximum atomic E-state index is 12.3. The zero-order chi connectivity index (χ0) is 16.9. The first kappa shape index (κ1) is 15.9. The predicted molar refractivity (Wildman–Crippen MR) is 90.6 cm³/mol. The van der Waals surface area contributed by atoms with Crippen LogP contribution in [0.5, 0.6) is 5.75 Å². The molecule has 0 aliphatic carbocycles. The number of hydrogen-bond acceptors (Lipinski definition) is 4. The van der Waals surface area contributed by atoms with E-state index in [1.807, 2.05) is 53.4 Å². The second-order valence-corrected chi connectivity index (χ2v) is 5.62. The Morgan fingerprint density at radius 3 is 2.58 bits per heavy atom. The standard InChI is InChI=1S/C18H19N3O3/c19-18(23)16-11-21(14-8-4-5-9-15(14)24-16)12-17(22)20-10-13-6-2-1-3-7-13/h1-9,16H,10-12H2,(H2,19,23)(H,20,22). The first-order valence-electron chi connectivity index (χ1n) is 7.74. The van der Waals surface area contributed by atoms with Gasteiger partial charge in [-0.05, 0) is 17.7 Å². The van der Waals surface area contributed by atoms with Crippen LogP contribution in [0.25, 0.3) is 0 Å². The van der Waals surface area contributed by atoms with Gasteiger partial charge in [0.05, 0.1) is 18.8 Å². The monoisotopic (exact) mass is 325 g/mol. The molecule has 1 aliphatic rings. The van der Waals surface area contributed by atoms with Crippen molar-refractivity contribution in [1.29, 1.82) is 0 Å². The van der Waals surface area contributed by atoms with E-state index in [0.717, 1.165) is 11.3 Å². The summed E-state index contributed by atoms with van der Waals surface area (Å²) in [5.41, 5.74) is 7.17. The summed E-state index contributed by atoms with van der Waals surface area (Å²) < 4.78 is 5.59. The molecule has 2 aromatic rings. The number of benzene rings is 2. The summed E-state index contributed by atoms with van der Waals surface area (Å²) in [5, 5.41) is 2.88. The molecule has 2 aromatic carbocycles. The van der Waals surface area contributed by atoms with Crippen molar-refractivity contribution in [2.45, 2.75) is 12.6 Å². The van der Waals surface area contributed by atoms with Crippen LogP contribution in [0.1, 0.15) is 5.56 Å². The highest BCUT2D eigenvalue weighted by Gasteiger charge is 2.30. The highest BCUT2D eigenvalue weighted by atomic mass is 16.5. The summed E-state index contributed by atoms with van der Waals surface area (Å²) in [6.45, 7) is 0.854. The van der Waals surface area contributed by atoms with Crippen molar-refractivity contribution in [2.24, 2.45) is 5.73 Å². The average molecular weight is 325 g/mol. The third-order valence-electron chi connectivity index (χ3n) is 3.85. The number of anilines is 1. The smallest absolute Gasteiger partial charge is 0.260 e. The van der Waals surface area contributed by atoms with Crippen LogP contribution in [-0.4, -0.2) is 31.0 Å². The topological polar surface area (TPSA) is 84.7 Å². The molecule has 124 valence electrons. The van der Waals surface area contributed by atoms with Gasteiger partial charge in [0.15, 0.2) is 6.10 Å². The molecule has 0 radical (unpaired) electrons. The highest BCUT2D eigenvalue weighted by Crippen LogP contribution is 2.32. The van der Waals surface area contributed by atoms with Crippen LogP contribution in [0.2, 0.25) is 0 Å². The van der Waals surface area contributed by atoms with Gasteiger partial charge in [0.1, 0.15) is 5.75 Å². The molecular formula is C18H19N3O3. The Morgan fingerprint density at radius 2 is 1.83 bits per heavy atom. The molecule has 1 unspecified atom stereocenters. The molecule has 6 nitrogen and oxygen atoms in total. The maximum absolute atomic E-state index is 12.3. The summed E-state index contributed by atoms with van der Waals surface area (Å²) in [6, 6.07) is 17.0. The summed E-state index contributed by atoms with van der Waals surface area (Å²) in [4.78, 5) is 25.6. The minimum absolute atomic E-state index is 0.126. The Kier molecular flexibility index (Phi) is 4.65. The van der Waals surface area contributed by atoms with Gasteiger partial charge in [-0.1, -0.05) is 42.5 Å². The Labute approximate surface area is 140 Å². The van der Waals surface area contributed by atoms with Crippen LogP contribution < -0.4 is 20.7 Å². The molecule has 24 heavy (non-hydrogen) atoms. The van der Waals surface area contributed by atoms with E-state index < -0.39 is 12.0 Å². The van der Waals surface area contributed by atoms with Gasteiger partial charge in [0.2, 0.25) is 5.91 Å². The van der Waals surface area contributed by atoms with Gasteiger partial charge in [-0.15, -0.1) is 0 Å². The van der Waals surface area contributed by atoms with Gasteiger partial charge < -0.3 is 20.7 Å². The number of primary amides is 1. The molecular weight excluding hydrogens is 306 g/mol. The Bertz CT molecular complexity index is 733. The van der Waals surface area contributed by atoms with Crippen LogP contribution >= 0.6 is 0 Å². The van der Waals surface area contributed by atoms with Crippen molar-refractivity contribution in [2.75, 3.05) is 18.0 Å². The van der Waals surface area contributed by atoms with E-state index >= 15 is 0 Å². The van der Waals surface area contributed by atoms with Crippen molar-refractivity contribution in [3.05, 3.63) is 60.2 Å². The third-order valence-corrected chi connectivity index (χ3v) is 3.85. The fraction of sp³-hybridized carbons (Fsp3) is 0.222. The molecule has 2 amide bonds. The number of ether oxygens (including phenoxy) is 1. The van der Waals surface area contributed by atoms with Gasteiger partial charge in [0, 0.05) is 6.54 Å². The third kappa shape index (κ3) is 3.65.